The van der Waals surface area contributed by atoms with Crippen molar-refractivity contribution in [2.45, 2.75) is 11.8 Å². The van der Waals surface area contributed by atoms with Gasteiger partial charge in [-0.2, -0.15) is 0 Å². The zero-order valence-corrected chi connectivity index (χ0v) is 8.73. The van der Waals surface area contributed by atoms with E-state index in [-0.39, 0.29) is 0 Å². The predicted molar refractivity (Wildman–Crippen MR) is 49.0 cm³/mol. The van der Waals surface area contributed by atoms with E-state index in [0.717, 1.165) is 0 Å². The summed E-state index contributed by atoms with van der Waals surface area (Å²) in [7, 11) is 0. The lowest BCUT2D eigenvalue weighted by molar-refractivity contribution is -0.443. The van der Waals surface area contributed by atoms with Gasteiger partial charge in [0.25, 0.3) is 0 Å². The summed E-state index contributed by atoms with van der Waals surface area (Å²) < 4.78 is 12.0. The predicted octanol–water partition coefficient (Wildman–Crippen LogP) is -3.40. The molecular weight excluding hydrogens is 258 g/mol. The zero-order chi connectivity index (χ0) is 14.6. The van der Waals surface area contributed by atoms with Crippen LogP contribution in [-0.2, 0) is 14.2 Å². The molecule has 0 aliphatic rings. The highest BCUT2D eigenvalue weighted by atomic mass is 16.8. The third-order valence-corrected chi connectivity index (χ3v) is 1.45. The standard InChI is InChI=1S/C6H11N3O9/c7-2(10)16-1-5(6(13,14)15,17-3(8)11)18-4(9)12/h13-15H,1H2,(H2,7,10)(H2,8,11)(H2,9,12). The van der Waals surface area contributed by atoms with Crippen molar-refractivity contribution in [3.05, 3.63) is 0 Å². The van der Waals surface area contributed by atoms with Crippen LogP contribution >= 0.6 is 0 Å². The van der Waals surface area contributed by atoms with Crippen LogP contribution in [0.25, 0.3) is 0 Å². The third-order valence-electron chi connectivity index (χ3n) is 1.45. The smallest absolute Gasteiger partial charge is 0.408 e. The Kier molecular flexibility index (Phi) is 4.66. The average molecular weight is 269 g/mol. The van der Waals surface area contributed by atoms with E-state index >= 15 is 0 Å². The molecule has 18 heavy (non-hydrogen) atoms. The minimum absolute atomic E-state index is 1.38. The fourth-order valence-corrected chi connectivity index (χ4v) is 0.805. The van der Waals surface area contributed by atoms with E-state index in [2.05, 4.69) is 31.4 Å². The van der Waals surface area contributed by atoms with Gasteiger partial charge in [0.1, 0.15) is 0 Å². The molecule has 12 heteroatoms. The second-order valence-corrected chi connectivity index (χ2v) is 2.84. The normalized spacial score (nSPS) is 11.5. The van der Waals surface area contributed by atoms with E-state index in [1.54, 1.807) is 0 Å². The summed E-state index contributed by atoms with van der Waals surface area (Å²) in [6.07, 6.45) is -4.87. The molecule has 0 radical (unpaired) electrons. The molecule has 0 atom stereocenters. The first-order valence-electron chi connectivity index (χ1n) is 4.06. The van der Waals surface area contributed by atoms with Crippen molar-refractivity contribution in [1.82, 2.24) is 0 Å². The summed E-state index contributed by atoms with van der Waals surface area (Å²) >= 11 is 0. The van der Waals surface area contributed by atoms with Gasteiger partial charge in [0, 0.05) is 0 Å². The summed E-state index contributed by atoms with van der Waals surface area (Å²) in [5.74, 6) is -7.26. The number of primary amides is 3. The highest BCUT2D eigenvalue weighted by Crippen LogP contribution is 2.25. The van der Waals surface area contributed by atoms with Crippen LogP contribution in [-0.4, -0.2) is 52.0 Å². The minimum Gasteiger partial charge on any atom is -0.441 e. The maximum absolute atomic E-state index is 10.6. The summed E-state index contributed by atoms with van der Waals surface area (Å²) in [5.41, 5.74) is 13.7. The van der Waals surface area contributed by atoms with Gasteiger partial charge < -0.3 is 46.7 Å². The van der Waals surface area contributed by atoms with Gasteiger partial charge in [0.2, 0.25) is 0 Å². The van der Waals surface area contributed by atoms with Crippen LogP contribution in [0.1, 0.15) is 0 Å². The number of rotatable bonds is 5. The highest BCUT2D eigenvalue weighted by Gasteiger charge is 2.58. The van der Waals surface area contributed by atoms with Crippen LogP contribution in [0.15, 0.2) is 0 Å². The molecule has 0 saturated heterocycles. The number of hydrogen-bond donors (Lipinski definition) is 6. The molecule has 0 aromatic rings. The Balaban J connectivity index is 5.31. The zero-order valence-electron chi connectivity index (χ0n) is 8.73. The second kappa shape index (κ2) is 5.35. The molecule has 0 aliphatic heterocycles. The van der Waals surface area contributed by atoms with E-state index in [1.807, 2.05) is 0 Å². The molecule has 0 fully saturated rings. The number of amides is 3. The van der Waals surface area contributed by atoms with Gasteiger partial charge in [0.15, 0.2) is 6.61 Å². The Morgan fingerprint density at radius 1 is 0.889 bits per heavy atom. The first kappa shape index (κ1) is 15.7. The van der Waals surface area contributed by atoms with E-state index in [4.69, 9.17) is 15.3 Å². The fourth-order valence-electron chi connectivity index (χ4n) is 0.805. The molecule has 3 amide bonds. The van der Waals surface area contributed by atoms with Gasteiger partial charge in [0.05, 0.1) is 0 Å². The van der Waals surface area contributed by atoms with Crippen LogP contribution in [0.5, 0.6) is 0 Å². The second-order valence-electron chi connectivity index (χ2n) is 2.84. The minimum atomic E-state index is -3.97. The molecule has 0 bridgehead atoms. The Labute approximate surface area is 98.8 Å². The monoisotopic (exact) mass is 269 g/mol. The molecule has 0 aromatic carbocycles. The number of carbonyl (C=O) groups excluding carboxylic acids is 3. The van der Waals surface area contributed by atoms with E-state index in [9.17, 15) is 14.4 Å². The van der Waals surface area contributed by atoms with Gasteiger partial charge in [-0.1, -0.05) is 0 Å². The SMILES string of the molecule is NC(=O)OCC(OC(N)=O)(OC(N)=O)C(O)(O)O. The lowest BCUT2D eigenvalue weighted by Gasteiger charge is -2.35. The van der Waals surface area contributed by atoms with Crippen LogP contribution in [0.4, 0.5) is 14.4 Å². The van der Waals surface area contributed by atoms with Crippen molar-refractivity contribution in [3.8, 4) is 0 Å². The number of aliphatic hydroxyl groups is 3. The van der Waals surface area contributed by atoms with Gasteiger partial charge in [-0.25, -0.2) is 14.4 Å². The molecule has 0 saturated carbocycles. The largest absolute Gasteiger partial charge is 0.441 e. The highest BCUT2D eigenvalue weighted by molar-refractivity contribution is 5.68. The Morgan fingerprint density at radius 2 is 1.28 bits per heavy atom. The number of carbonyl (C=O) groups is 3. The molecule has 0 rings (SSSR count). The van der Waals surface area contributed by atoms with Crippen LogP contribution in [0.2, 0.25) is 0 Å². The van der Waals surface area contributed by atoms with E-state index in [1.165, 1.54) is 0 Å². The first-order valence-corrected chi connectivity index (χ1v) is 4.06. The van der Waals surface area contributed by atoms with Gasteiger partial charge in [-0.15, -0.1) is 0 Å². The average Bonchev–Trinajstić information content (AvgIpc) is 2.10. The number of ether oxygens (including phenoxy) is 3. The van der Waals surface area contributed by atoms with Crippen LogP contribution in [0.3, 0.4) is 0 Å². The van der Waals surface area contributed by atoms with Crippen molar-refractivity contribution in [1.29, 1.82) is 0 Å². The fraction of sp³-hybridized carbons (Fsp3) is 0.500. The van der Waals surface area contributed by atoms with Crippen molar-refractivity contribution < 1.29 is 43.9 Å². The molecule has 0 unspecified atom stereocenters. The van der Waals surface area contributed by atoms with Crippen molar-refractivity contribution in [2.75, 3.05) is 6.61 Å². The Morgan fingerprint density at radius 3 is 1.50 bits per heavy atom. The van der Waals surface area contributed by atoms with Gasteiger partial charge >= 0.3 is 30.0 Å². The first-order chi connectivity index (χ1) is 8.00. The quantitative estimate of drug-likeness (QED) is 0.273. The van der Waals surface area contributed by atoms with Crippen molar-refractivity contribution >= 4 is 18.3 Å². The number of hydrogen-bond acceptors (Lipinski definition) is 9. The van der Waals surface area contributed by atoms with Crippen molar-refractivity contribution in [2.24, 2.45) is 17.2 Å². The lowest BCUT2D eigenvalue weighted by Crippen LogP contribution is -2.63. The summed E-state index contributed by atoms with van der Waals surface area (Å²) in [6.45, 7) is -1.38. The lowest BCUT2D eigenvalue weighted by atomic mass is 10.2. The Hall–Kier alpha value is -2.31. The van der Waals surface area contributed by atoms with Crippen molar-refractivity contribution in [3.63, 3.8) is 0 Å². The molecule has 0 aliphatic carbocycles. The van der Waals surface area contributed by atoms with Gasteiger partial charge in [-0.3, -0.25) is 0 Å². The molecule has 104 valence electrons. The summed E-state index contributed by atoms with van der Waals surface area (Å²) in [4.78, 5) is 31.5. The van der Waals surface area contributed by atoms with Crippen LogP contribution < -0.4 is 17.2 Å². The van der Waals surface area contributed by atoms with Gasteiger partial charge in [-0.05, 0) is 0 Å². The molecule has 0 spiro atoms. The molecular formula is C6H11N3O9. The number of nitrogens with two attached hydrogens (primary N) is 3. The Bertz CT molecular complexity index is 333. The molecule has 9 N–H and O–H groups in total. The van der Waals surface area contributed by atoms with E-state index in [0.29, 0.717) is 0 Å². The summed E-state index contributed by atoms with van der Waals surface area (Å²) in [5, 5.41) is 26.9. The van der Waals surface area contributed by atoms with E-state index < -0.39 is 36.6 Å². The maximum Gasteiger partial charge on any atom is 0.408 e. The molecule has 0 aromatic heterocycles. The van der Waals surface area contributed by atoms with Crippen LogP contribution in [0, 0.1) is 0 Å². The molecule has 0 heterocycles. The third kappa shape index (κ3) is 4.28. The topological polar surface area (TPSA) is 218 Å². The summed E-state index contributed by atoms with van der Waals surface area (Å²) in [6, 6.07) is 0. The maximum atomic E-state index is 10.6. The molecule has 12 nitrogen and oxygen atoms in total.